The number of carbonyl (C=O) groups excluding carboxylic acids is 1. The van der Waals surface area contributed by atoms with E-state index in [-0.39, 0.29) is 5.91 Å². The van der Waals surface area contributed by atoms with Gasteiger partial charge in [0.1, 0.15) is 7.05 Å². The summed E-state index contributed by atoms with van der Waals surface area (Å²) < 4.78 is 1.95. The number of nitrogens with one attached hydrogen (secondary N) is 1. The van der Waals surface area contributed by atoms with Gasteiger partial charge in [-0.15, -0.1) is 0 Å². The smallest absolute Gasteiger partial charge is 0.248 e. The molecule has 1 amide bonds. The molecule has 1 heterocycles. The normalized spacial score (nSPS) is 10.5. The number of benzene rings is 1. The average Bonchev–Trinajstić information content (AvgIpc) is 2.39. The van der Waals surface area contributed by atoms with Gasteiger partial charge in [-0.2, -0.15) is 0 Å². The predicted molar refractivity (Wildman–Crippen MR) is 71.7 cm³/mol. The topological polar surface area (TPSA) is 33.0 Å². The van der Waals surface area contributed by atoms with Crippen molar-refractivity contribution in [2.24, 2.45) is 7.05 Å². The van der Waals surface area contributed by atoms with Crippen LogP contribution in [-0.4, -0.2) is 5.91 Å². The van der Waals surface area contributed by atoms with Crippen LogP contribution < -0.4 is 9.88 Å². The molecule has 1 aromatic carbocycles. The fraction of sp³-hybridized carbons (Fsp3) is 0.0667. The molecule has 0 unspecified atom stereocenters. The molecule has 3 heteroatoms. The van der Waals surface area contributed by atoms with Crippen molar-refractivity contribution in [2.45, 2.75) is 0 Å². The Balaban J connectivity index is 1.97. The molecular weight excluding hydrogens is 224 g/mol. The number of aromatic nitrogens is 1. The van der Waals surface area contributed by atoms with E-state index in [1.165, 1.54) is 6.08 Å². The Morgan fingerprint density at radius 3 is 2.44 bits per heavy atom. The molecule has 0 aliphatic heterocycles. The molecule has 18 heavy (non-hydrogen) atoms. The van der Waals surface area contributed by atoms with Crippen molar-refractivity contribution < 1.29 is 9.36 Å². The number of amides is 1. The summed E-state index contributed by atoms with van der Waals surface area (Å²) in [5.41, 5.74) is 1.79. The van der Waals surface area contributed by atoms with Crippen molar-refractivity contribution >= 4 is 17.7 Å². The number of aryl methyl sites for hydroxylation is 1. The van der Waals surface area contributed by atoms with Crippen LogP contribution in [0, 0.1) is 0 Å². The molecule has 0 spiro atoms. The van der Waals surface area contributed by atoms with E-state index < -0.39 is 0 Å². The molecule has 0 fully saturated rings. The van der Waals surface area contributed by atoms with Gasteiger partial charge in [0.15, 0.2) is 12.4 Å². The SMILES string of the molecule is C[n+]1ccc(/C=C/C(=O)Nc2ccccc2)cc1. The van der Waals surface area contributed by atoms with Crippen molar-refractivity contribution in [3.63, 3.8) is 0 Å². The van der Waals surface area contributed by atoms with E-state index in [9.17, 15) is 4.79 Å². The van der Waals surface area contributed by atoms with Gasteiger partial charge in [-0.05, 0) is 23.8 Å². The van der Waals surface area contributed by atoms with E-state index in [1.807, 2.05) is 66.5 Å². The van der Waals surface area contributed by atoms with Crippen LogP contribution in [0.15, 0.2) is 60.9 Å². The number of nitrogens with zero attached hydrogens (tertiary/aromatic N) is 1. The molecule has 2 rings (SSSR count). The van der Waals surface area contributed by atoms with Crippen LogP contribution in [-0.2, 0) is 11.8 Å². The van der Waals surface area contributed by atoms with Gasteiger partial charge in [-0.3, -0.25) is 4.79 Å². The lowest BCUT2D eigenvalue weighted by Gasteiger charge is -2.00. The van der Waals surface area contributed by atoms with Crippen LogP contribution in [0.4, 0.5) is 5.69 Å². The summed E-state index contributed by atoms with van der Waals surface area (Å²) in [4.78, 5) is 11.6. The summed E-state index contributed by atoms with van der Waals surface area (Å²) in [7, 11) is 1.95. The molecule has 1 aromatic heterocycles. The Morgan fingerprint density at radius 2 is 1.78 bits per heavy atom. The number of para-hydroxylation sites is 1. The molecule has 0 aliphatic rings. The standard InChI is InChI=1S/C15H14N2O/c1-17-11-9-13(10-12-17)7-8-15(18)16-14-5-3-2-4-6-14/h2-12H,1H3/p+1/b8-7+. The molecule has 90 valence electrons. The summed E-state index contributed by atoms with van der Waals surface area (Å²) in [6.45, 7) is 0. The Labute approximate surface area is 106 Å². The Morgan fingerprint density at radius 1 is 1.11 bits per heavy atom. The molecule has 0 saturated carbocycles. The first-order valence-corrected chi connectivity index (χ1v) is 5.73. The summed E-state index contributed by atoms with van der Waals surface area (Å²) in [5, 5.41) is 2.79. The summed E-state index contributed by atoms with van der Waals surface area (Å²) in [5.74, 6) is -0.130. The third-order valence-corrected chi connectivity index (χ3v) is 2.47. The van der Waals surface area contributed by atoms with E-state index in [1.54, 1.807) is 6.08 Å². The summed E-state index contributed by atoms with van der Waals surface area (Å²) in [6, 6.07) is 13.3. The van der Waals surface area contributed by atoms with E-state index in [4.69, 9.17) is 0 Å². The Kier molecular flexibility index (Phi) is 3.86. The first kappa shape index (κ1) is 12.0. The van der Waals surface area contributed by atoms with Crippen LogP contribution in [0.2, 0.25) is 0 Å². The lowest BCUT2D eigenvalue weighted by Crippen LogP contribution is -2.25. The van der Waals surface area contributed by atoms with Gasteiger partial charge >= 0.3 is 0 Å². The number of hydrogen-bond donors (Lipinski definition) is 1. The fourth-order valence-electron chi connectivity index (χ4n) is 1.50. The second-order valence-corrected chi connectivity index (χ2v) is 3.99. The van der Waals surface area contributed by atoms with Crippen LogP contribution in [0.5, 0.6) is 0 Å². The minimum atomic E-state index is -0.130. The van der Waals surface area contributed by atoms with Crippen LogP contribution in [0.3, 0.4) is 0 Å². The number of anilines is 1. The molecule has 2 aromatic rings. The predicted octanol–water partition coefficient (Wildman–Crippen LogP) is 2.16. The van der Waals surface area contributed by atoms with Gasteiger partial charge < -0.3 is 5.32 Å². The minimum absolute atomic E-state index is 0.130. The number of rotatable bonds is 3. The van der Waals surface area contributed by atoms with Gasteiger partial charge in [-0.25, -0.2) is 4.57 Å². The van der Waals surface area contributed by atoms with E-state index in [2.05, 4.69) is 5.32 Å². The highest BCUT2D eigenvalue weighted by Gasteiger charge is 1.97. The molecule has 0 radical (unpaired) electrons. The molecular formula is C15H15N2O+. The largest absolute Gasteiger partial charge is 0.323 e. The third-order valence-electron chi connectivity index (χ3n) is 2.47. The molecule has 0 aliphatic carbocycles. The van der Waals surface area contributed by atoms with E-state index in [0.29, 0.717) is 0 Å². The zero-order valence-electron chi connectivity index (χ0n) is 10.2. The summed E-state index contributed by atoms with van der Waals surface area (Å²) in [6.07, 6.45) is 7.20. The fourth-order valence-corrected chi connectivity index (χ4v) is 1.50. The van der Waals surface area contributed by atoms with Crippen LogP contribution in [0.1, 0.15) is 5.56 Å². The number of hydrogen-bond acceptors (Lipinski definition) is 1. The maximum Gasteiger partial charge on any atom is 0.248 e. The highest BCUT2D eigenvalue weighted by molar-refractivity contribution is 6.01. The van der Waals surface area contributed by atoms with Crippen LogP contribution >= 0.6 is 0 Å². The van der Waals surface area contributed by atoms with Crippen molar-refractivity contribution in [3.8, 4) is 0 Å². The minimum Gasteiger partial charge on any atom is -0.323 e. The number of pyridine rings is 1. The lowest BCUT2D eigenvalue weighted by atomic mass is 10.2. The van der Waals surface area contributed by atoms with Gasteiger partial charge in [-0.1, -0.05) is 18.2 Å². The van der Waals surface area contributed by atoms with E-state index in [0.717, 1.165) is 11.3 Å². The maximum atomic E-state index is 11.6. The number of carbonyl (C=O) groups is 1. The first-order valence-electron chi connectivity index (χ1n) is 5.73. The Bertz CT molecular complexity index is 544. The lowest BCUT2D eigenvalue weighted by molar-refractivity contribution is -0.671. The third kappa shape index (κ3) is 3.56. The maximum absolute atomic E-state index is 11.6. The van der Waals surface area contributed by atoms with Crippen molar-refractivity contribution in [3.05, 3.63) is 66.5 Å². The van der Waals surface area contributed by atoms with Crippen LogP contribution in [0.25, 0.3) is 6.08 Å². The second kappa shape index (κ2) is 5.77. The highest BCUT2D eigenvalue weighted by atomic mass is 16.1. The van der Waals surface area contributed by atoms with Crippen molar-refractivity contribution in [2.75, 3.05) is 5.32 Å². The zero-order valence-corrected chi connectivity index (χ0v) is 10.2. The monoisotopic (exact) mass is 239 g/mol. The molecule has 1 N–H and O–H groups in total. The van der Waals surface area contributed by atoms with Gasteiger partial charge in [0.25, 0.3) is 0 Å². The molecule has 0 saturated heterocycles. The zero-order chi connectivity index (χ0) is 12.8. The first-order chi connectivity index (χ1) is 8.74. The highest BCUT2D eigenvalue weighted by Crippen LogP contribution is 2.05. The van der Waals surface area contributed by atoms with Gasteiger partial charge in [0.05, 0.1) is 0 Å². The van der Waals surface area contributed by atoms with Crippen molar-refractivity contribution in [1.82, 2.24) is 0 Å². The molecule has 0 atom stereocenters. The average molecular weight is 239 g/mol. The molecule has 3 nitrogen and oxygen atoms in total. The van der Waals surface area contributed by atoms with E-state index >= 15 is 0 Å². The molecule has 0 bridgehead atoms. The Hall–Kier alpha value is -2.42. The van der Waals surface area contributed by atoms with Crippen molar-refractivity contribution in [1.29, 1.82) is 0 Å². The summed E-state index contributed by atoms with van der Waals surface area (Å²) >= 11 is 0. The quantitative estimate of drug-likeness (QED) is 0.646. The van der Waals surface area contributed by atoms with Gasteiger partial charge in [0.2, 0.25) is 5.91 Å². The second-order valence-electron chi connectivity index (χ2n) is 3.99. The van der Waals surface area contributed by atoms with Gasteiger partial charge in [0, 0.05) is 23.9 Å².